The van der Waals surface area contributed by atoms with Gasteiger partial charge in [-0.15, -0.1) is 0 Å². The Morgan fingerprint density at radius 1 is 0.852 bits per heavy atom. The van der Waals surface area contributed by atoms with Gasteiger partial charge in [0.2, 0.25) is 0 Å². The number of rotatable bonds is 1. The summed E-state index contributed by atoms with van der Waals surface area (Å²) in [5.41, 5.74) is 1.95. The highest BCUT2D eigenvalue weighted by Gasteiger charge is 2.53. The standard InChI is InChI=1S/C22H14O5/c1-2-12-3-6-16-15(9-12)21(25)27-22(16)17-7-4-13(23)10-19(17)26-20-11-14(24)5-8-18(20)22/h2-11,23-24H,1H2. The molecular weight excluding hydrogens is 344 g/mol. The Labute approximate surface area is 154 Å². The Kier molecular flexibility index (Phi) is 2.95. The maximum Gasteiger partial charge on any atom is 0.340 e. The number of hydrogen-bond donors (Lipinski definition) is 2. The molecule has 2 heterocycles. The first-order chi connectivity index (χ1) is 13.0. The smallest absolute Gasteiger partial charge is 0.340 e. The Morgan fingerprint density at radius 3 is 2.04 bits per heavy atom. The summed E-state index contributed by atoms with van der Waals surface area (Å²) in [5.74, 6) is 0.329. The minimum atomic E-state index is -1.21. The summed E-state index contributed by atoms with van der Waals surface area (Å²) in [7, 11) is 0. The summed E-state index contributed by atoms with van der Waals surface area (Å²) >= 11 is 0. The lowest BCUT2D eigenvalue weighted by atomic mass is 9.77. The van der Waals surface area contributed by atoms with Gasteiger partial charge in [0.15, 0.2) is 5.60 Å². The second-order valence-electron chi connectivity index (χ2n) is 6.54. The minimum absolute atomic E-state index is 0.0269. The van der Waals surface area contributed by atoms with Crippen molar-refractivity contribution in [1.29, 1.82) is 0 Å². The topological polar surface area (TPSA) is 76.0 Å². The van der Waals surface area contributed by atoms with E-state index in [2.05, 4.69) is 6.58 Å². The number of carbonyl (C=O) groups excluding carboxylic acids is 1. The normalized spacial score (nSPS) is 15.3. The second kappa shape index (κ2) is 5.14. The van der Waals surface area contributed by atoms with Crippen molar-refractivity contribution in [3.63, 3.8) is 0 Å². The lowest BCUT2D eigenvalue weighted by molar-refractivity contribution is 0.0224. The van der Waals surface area contributed by atoms with Crippen LogP contribution in [0.25, 0.3) is 6.08 Å². The van der Waals surface area contributed by atoms with Gasteiger partial charge in [0.05, 0.1) is 5.56 Å². The SMILES string of the molecule is C=Cc1ccc2c(c1)C(=O)OC21c2ccc(O)cc2Oc2cc(O)ccc21. The molecule has 0 fully saturated rings. The third-order valence-electron chi connectivity index (χ3n) is 5.03. The molecule has 0 saturated carbocycles. The number of phenols is 2. The Hall–Kier alpha value is -3.73. The predicted molar refractivity (Wildman–Crippen MR) is 98.1 cm³/mol. The third-order valence-corrected chi connectivity index (χ3v) is 5.03. The molecule has 0 aromatic heterocycles. The van der Waals surface area contributed by atoms with Gasteiger partial charge in [-0.05, 0) is 35.9 Å². The van der Waals surface area contributed by atoms with Crippen LogP contribution >= 0.6 is 0 Å². The quantitative estimate of drug-likeness (QED) is 0.634. The van der Waals surface area contributed by atoms with Crippen LogP contribution in [0.5, 0.6) is 23.0 Å². The zero-order chi connectivity index (χ0) is 18.8. The molecule has 0 atom stereocenters. The molecule has 3 aromatic carbocycles. The average molecular weight is 358 g/mol. The number of phenolic OH excluding ortho intramolecular Hbond substituents is 2. The van der Waals surface area contributed by atoms with Crippen molar-refractivity contribution in [2.45, 2.75) is 5.60 Å². The van der Waals surface area contributed by atoms with E-state index in [0.717, 1.165) is 5.56 Å². The first kappa shape index (κ1) is 15.5. The van der Waals surface area contributed by atoms with Crippen LogP contribution in [0.1, 0.15) is 32.6 Å². The summed E-state index contributed by atoms with van der Waals surface area (Å²) in [6.07, 6.45) is 1.67. The number of aromatic hydroxyl groups is 2. The van der Waals surface area contributed by atoms with Crippen molar-refractivity contribution in [2.24, 2.45) is 0 Å². The van der Waals surface area contributed by atoms with Gasteiger partial charge >= 0.3 is 5.97 Å². The van der Waals surface area contributed by atoms with E-state index in [1.807, 2.05) is 12.1 Å². The number of esters is 1. The highest BCUT2D eigenvalue weighted by molar-refractivity contribution is 5.97. The van der Waals surface area contributed by atoms with Crippen LogP contribution in [-0.2, 0) is 10.3 Å². The highest BCUT2D eigenvalue weighted by Crippen LogP contribution is 2.57. The molecule has 0 radical (unpaired) electrons. The van der Waals surface area contributed by atoms with Gasteiger partial charge in [-0.2, -0.15) is 0 Å². The Bertz CT molecular complexity index is 1090. The average Bonchev–Trinajstić information content (AvgIpc) is 2.94. The van der Waals surface area contributed by atoms with Crippen molar-refractivity contribution in [3.05, 3.63) is 89.0 Å². The molecule has 132 valence electrons. The molecule has 0 unspecified atom stereocenters. The molecule has 5 rings (SSSR count). The van der Waals surface area contributed by atoms with Gasteiger partial charge in [0.25, 0.3) is 0 Å². The van der Waals surface area contributed by atoms with E-state index >= 15 is 0 Å². The second-order valence-corrected chi connectivity index (χ2v) is 6.54. The number of carbonyl (C=O) groups is 1. The van der Waals surface area contributed by atoms with Crippen LogP contribution in [0.15, 0.2) is 61.2 Å². The fourth-order valence-electron chi connectivity index (χ4n) is 3.85. The van der Waals surface area contributed by atoms with Crippen LogP contribution in [-0.4, -0.2) is 16.2 Å². The van der Waals surface area contributed by atoms with E-state index in [4.69, 9.17) is 9.47 Å². The highest BCUT2D eigenvalue weighted by atomic mass is 16.6. The van der Waals surface area contributed by atoms with Gasteiger partial charge in [0, 0.05) is 28.8 Å². The van der Waals surface area contributed by atoms with Crippen molar-refractivity contribution < 1.29 is 24.5 Å². The summed E-state index contributed by atoms with van der Waals surface area (Å²) < 4.78 is 11.9. The van der Waals surface area contributed by atoms with E-state index in [1.165, 1.54) is 24.3 Å². The van der Waals surface area contributed by atoms with Gasteiger partial charge < -0.3 is 19.7 Å². The van der Waals surface area contributed by atoms with Crippen LogP contribution < -0.4 is 4.74 Å². The van der Waals surface area contributed by atoms with E-state index in [1.54, 1.807) is 24.3 Å². The number of fused-ring (bicyclic) bond motifs is 6. The molecule has 1 spiro atoms. The van der Waals surface area contributed by atoms with Gasteiger partial charge in [0.1, 0.15) is 23.0 Å². The first-order valence-corrected chi connectivity index (χ1v) is 8.38. The minimum Gasteiger partial charge on any atom is -0.508 e. The van der Waals surface area contributed by atoms with Gasteiger partial charge in [-0.3, -0.25) is 0 Å². The van der Waals surface area contributed by atoms with Crippen molar-refractivity contribution >= 4 is 12.0 Å². The third kappa shape index (κ3) is 1.96. The molecule has 0 bridgehead atoms. The summed E-state index contributed by atoms with van der Waals surface area (Å²) in [5, 5.41) is 19.8. The predicted octanol–water partition coefficient (Wildman–Crippen LogP) is 4.31. The molecule has 2 N–H and O–H groups in total. The summed E-state index contributed by atoms with van der Waals surface area (Å²) in [6, 6.07) is 14.8. The van der Waals surface area contributed by atoms with E-state index in [-0.39, 0.29) is 11.5 Å². The largest absolute Gasteiger partial charge is 0.508 e. The van der Waals surface area contributed by atoms with E-state index < -0.39 is 11.6 Å². The van der Waals surface area contributed by atoms with Gasteiger partial charge in [-0.25, -0.2) is 4.79 Å². The molecule has 3 aromatic rings. The van der Waals surface area contributed by atoms with Crippen molar-refractivity contribution in [3.8, 4) is 23.0 Å². The van der Waals surface area contributed by atoms with Crippen molar-refractivity contribution in [2.75, 3.05) is 0 Å². The summed E-state index contributed by atoms with van der Waals surface area (Å²) in [6.45, 7) is 3.75. The van der Waals surface area contributed by atoms with Crippen LogP contribution in [0.4, 0.5) is 0 Å². The molecule has 5 heteroatoms. The fourth-order valence-corrected chi connectivity index (χ4v) is 3.85. The molecule has 27 heavy (non-hydrogen) atoms. The fraction of sp³-hybridized carbons (Fsp3) is 0.0455. The van der Waals surface area contributed by atoms with Crippen LogP contribution in [0, 0.1) is 0 Å². The molecule has 0 saturated heterocycles. The maximum atomic E-state index is 12.8. The molecule has 2 aliphatic heterocycles. The summed E-state index contributed by atoms with van der Waals surface area (Å²) in [4.78, 5) is 12.8. The van der Waals surface area contributed by atoms with E-state index in [0.29, 0.717) is 33.8 Å². The Balaban J connectivity index is 1.89. The molecule has 0 aliphatic carbocycles. The zero-order valence-corrected chi connectivity index (χ0v) is 14.1. The monoisotopic (exact) mass is 358 g/mol. The van der Waals surface area contributed by atoms with Crippen LogP contribution in [0.2, 0.25) is 0 Å². The van der Waals surface area contributed by atoms with Gasteiger partial charge in [-0.1, -0.05) is 24.8 Å². The molecule has 5 nitrogen and oxygen atoms in total. The molecular formula is C22H14O5. The number of hydrogen-bond acceptors (Lipinski definition) is 5. The lowest BCUT2D eigenvalue weighted by Crippen LogP contribution is -2.32. The zero-order valence-electron chi connectivity index (χ0n) is 14.1. The van der Waals surface area contributed by atoms with E-state index in [9.17, 15) is 15.0 Å². The molecule has 0 amide bonds. The maximum absolute atomic E-state index is 12.8. The Morgan fingerprint density at radius 2 is 1.44 bits per heavy atom. The van der Waals surface area contributed by atoms with Crippen LogP contribution in [0.3, 0.4) is 0 Å². The first-order valence-electron chi connectivity index (χ1n) is 8.38. The number of ether oxygens (including phenoxy) is 2. The molecule has 2 aliphatic rings. The van der Waals surface area contributed by atoms with Crippen molar-refractivity contribution in [1.82, 2.24) is 0 Å². The lowest BCUT2D eigenvalue weighted by Gasteiger charge is -2.36. The number of benzene rings is 3.